The standard InChI is InChI=1S/C19H25N5O4S3/c1-12-4-5-13(2)15(10-12)20-16(25)11-29-19-23-22-18(30-19)21-17(26)14-6-8-24(9-7-14)31(3,27)28/h4-5,10,14H,6-9,11H2,1-3H3,(H,20,25)(H,21,22,26). The van der Waals surface area contributed by atoms with E-state index in [1.807, 2.05) is 32.0 Å². The van der Waals surface area contributed by atoms with E-state index in [0.29, 0.717) is 35.4 Å². The number of nitrogens with zero attached hydrogens (tertiary/aromatic N) is 3. The summed E-state index contributed by atoms with van der Waals surface area (Å²) in [4.78, 5) is 24.7. The van der Waals surface area contributed by atoms with Gasteiger partial charge in [0.25, 0.3) is 0 Å². The van der Waals surface area contributed by atoms with Crippen molar-refractivity contribution in [2.75, 3.05) is 35.7 Å². The maximum Gasteiger partial charge on any atom is 0.234 e. The molecule has 0 unspecified atom stereocenters. The van der Waals surface area contributed by atoms with Gasteiger partial charge in [-0.2, -0.15) is 0 Å². The predicted octanol–water partition coefficient (Wildman–Crippen LogP) is 2.50. The number of aryl methyl sites for hydroxylation is 2. The van der Waals surface area contributed by atoms with E-state index < -0.39 is 10.0 Å². The first kappa shape index (κ1) is 23.6. The zero-order chi connectivity index (χ0) is 22.6. The quantitative estimate of drug-likeness (QED) is 0.458. The van der Waals surface area contributed by atoms with E-state index >= 15 is 0 Å². The average Bonchev–Trinajstić information content (AvgIpc) is 3.16. The Bertz CT molecular complexity index is 1060. The summed E-state index contributed by atoms with van der Waals surface area (Å²) in [5.41, 5.74) is 2.85. The first-order valence-electron chi connectivity index (χ1n) is 9.71. The van der Waals surface area contributed by atoms with Crippen molar-refractivity contribution in [2.24, 2.45) is 5.92 Å². The van der Waals surface area contributed by atoms with Gasteiger partial charge in [-0.05, 0) is 43.9 Å². The molecule has 0 aliphatic carbocycles. The normalized spacial score (nSPS) is 15.6. The second-order valence-electron chi connectivity index (χ2n) is 7.45. The fourth-order valence-electron chi connectivity index (χ4n) is 3.16. The third kappa shape index (κ3) is 6.73. The second kappa shape index (κ2) is 10.1. The number of hydrogen-bond acceptors (Lipinski definition) is 8. The van der Waals surface area contributed by atoms with Crippen LogP contribution in [0, 0.1) is 19.8 Å². The molecule has 1 saturated heterocycles. The largest absolute Gasteiger partial charge is 0.325 e. The van der Waals surface area contributed by atoms with Gasteiger partial charge in [-0.25, -0.2) is 12.7 Å². The van der Waals surface area contributed by atoms with Crippen LogP contribution in [-0.2, 0) is 19.6 Å². The van der Waals surface area contributed by atoms with Gasteiger partial charge < -0.3 is 10.6 Å². The second-order valence-corrected chi connectivity index (χ2v) is 11.6. The topological polar surface area (TPSA) is 121 Å². The molecule has 1 aromatic carbocycles. The maximum absolute atomic E-state index is 12.5. The molecular formula is C19H25N5O4S3. The molecule has 168 valence electrons. The molecule has 2 aromatic rings. The average molecular weight is 484 g/mol. The van der Waals surface area contributed by atoms with Gasteiger partial charge in [-0.1, -0.05) is 35.2 Å². The number of rotatable bonds is 7. The number of piperidine rings is 1. The van der Waals surface area contributed by atoms with E-state index in [4.69, 9.17) is 0 Å². The highest BCUT2D eigenvalue weighted by Crippen LogP contribution is 2.27. The van der Waals surface area contributed by atoms with Gasteiger partial charge in [-0.3, -0.25) is 9.59 Å². The minimum absolute atomic E-state index is 0.142. The summed E-state index contributed by atoms with van der Waals surface area (Å²) in [5.74, 6) is -0.410. The predicted molar refractivity (Wildman–Crippen MR) is 123 cm³/mol. The van der Waals surface area contributed by atoms with Crippen LogP contribution in [0.4, 0.5) is 10.8 Å². The number of anilines is 2. The van der Waals surface area contributed by atoms with Gasteiger partial charge in [0, 0.05) is 24.7 Å². The molecule has 0 saturated carbocycles. The highest BCUT2D eigenvalue weighted by Gasteiger charge is 2.29. The van der Waals surface area contributed by atoms with Crippen LogP contribution in [-0.4, -0.2) is 59.8 Å². The molecule has 31 heavy (non-hydrogen) atoms. The van der Waals surface area contributed by atoms with Crippen molar-refractivity contribution in [2.45, 2.75) is 31.0 Å². The van der Waals surface area contributed by atoms with Crippen LogP contribution in [0.2, 0.25) is 0 Å². The molecule has 1 aliphatic heterocycles. The number of benzene rings is 1. The molecule has 1 fully saturated rings. The summed E-state index contributed by atoms with van der Waals surface area (Å²) in [6.45, 7) is 4.58. The lowest BCUT2D eigenvalue weighted by Gasteiger charge is -2.29. The first-order valence-corrected chi connectivity index (χ1v) is 13.4. The molecule has 1 aromatic heterocycles. The third-order valence-corrected chi connectivity index (χ3v) is 8.20. The fraction of sp³-hybridized carbons (Fsp3) is 0.474. The lowest BCUT2D eigenvalue weighted by atomic mass is 9.97. The number of carbonyl (C=O) groups excluding carboxylic acids is 2. The minimum atomic E-state index is -3.22. The van der Waals surface area contributed by atoms with Crippen molar-refractivity contribution < 1.29 is 18.0 Å². The SMILES string of the molecule is Cc1ccc(C)c(NC(=O)CSc2nnc(NC(=O)C3CCN(S(C)(=O)=O)CC3)s2)c1. The van der Waals surface area contributed by atoms with E-state index in [1.165, 1.54) is 33.7 Å². The number of hydrogen-bond donors (Lipinski definition) is 2. The van der Waals surface area contributed by atoms with Crippen molar-refractivity contribution >= 4 is 55.8 Å². The Morgan fingerprint density at radius 2 is 1.90 bits per heavy atom. The van der Waals surface area contributed by atoms with Crippen LogP contribution in [0.1, 0.15) is 24.0 Å². The molecule has 12 heteroatoms. The highest BCUT2D eigenvalue weighted by molar-refractivity contribution is 8.01. The van der Waals surface area contributed by atoms with E-state index in [0.717, 1.165) is 16.8 Å². The molecule has 1 aliphatic rings. The summed E-state index contributed by atoms with van der Waals surface area (Å²) >= 11 is 2.46. The van der Waals surface area contributed by atoms with Gasteiger partial charge in [-0.15, -0.1) is 10.2 Å². The van der Waals surface area contributed by atoms with Gasteiger partial charge in [0.05, 0.1) is 12.0 Å². The maximum atomic E-state index is 12.5. The van der Waals surface area contributed by atoms with Crippen molar-refractivity contribution in [3.05, 3.63) is 29.3 Å². The summed E-state index contributed by atoms with van der Waals surface area (Å²) < 4.78 is 25.1. The molecule has 0 bridgehead atoms. The fourth-order valence-corrected chi connectivity index (χ4v) is 5.59. The van der Waals surface area contributed by atoms with E-state index in [9.17, 15) is 18.0 Å². The molecule has 2 heterocycles. The summed E-state index contributed by atoms with van der Waals surface area (Å²) in [7, 11) is -3.22. The van der Waals surface area contributed by atoms with Gasteiger partial charge in [0.1, 0.15) is 0 Å². The van der Waals surface area contributed by atoms with Crippen molar-refractivity contribution in [1.82, 2.24) is 14.5 Å². The van der Waals surface area contributed by atoms with Crippen molar-refractivity contribution in [3.63, 3.8) is 0 Å². The summed E-state index contributed by atoms with van der Waals surface area (Å²) in [5, 5.41) is 14.0. The lowest BCUT2D eigenvalue weighted by molar-refractivity contribution is -0.121. The van der Waals surface area contributed by atoms with Crippen LogP contribution >= 0.6 is 23.1 Å². The Balaban J connectivity index is 1.46. The Morgan fingerprint density at radius 1 is 1.19 bits per heavy atom. The molecule has 0 spiro atoms. The molecule has 0 radical (unpaired) electrons. The molecule has 2 amide bonds. The summed E-state index contributed by atoms with van der Waals surface area (Å²) in [6, 6.07) is 5.88. The van der Waals surface area contributed by atoms with E-state index in [-0.39, 0.29) is 23.5 Å². The van der Waals surface area contributed by atoms with Gasteiger partial charge in [0.15, 0.2) is 4.34 Å². The molecular weight excluding hydrogens is 458 g/mol. The molecule has 0 atom stereocenters. The minimum Gasteiger partial charge on any atom is -0.325 e. The smallest absolute Gasteiger partial charge is 0.234 e. The van der Waals surface area contributed by atoms with Gasteiger partial charge in [0.2, 0.25) is 27.0 Å². The van der Waals surface area contributed by atoms with Crippen LogP contribution < -0.4 is 10.6 Å². The zero-order valence-electron chi connectivity index (χ0n) is 17.5. The van der Waals surface area contributed by atoms with Crippen LogP contribution in [0.3, 0.4) is 0 Å². The van der Waals surface area contributed by atoms with E-state index in [1.54, 1.807) is 0 Å². The Hall–Kier alpha value is -2.02. The number of sulfonamides is 1. The zero-order valence-corrected chi connectivity index (χ0v) is 20.0. The van der Waals surface area contributed by atoms with Crippen LogP contribution in [0.15, 0.2) is 22.5 Å². The van der Waals surface area contributed by atoms with Crippen molar-refractivity contribution in [3.8, 4) is 0 Å². The van der Waals surface area contributed by atoms with Crippen LogP contribution in [0.25, 0.3) is 0 Å². The summed E-state index contributed by atoms with van der Waals surface area (Å²) in [6.07, 6.45) is 2.12. The number of nitrogens with one attached hydrogen (secondary N) is 2. The molecule has 2 N–H and O–H groups in total. The Labute approximate surface area is 190 Å². The number of carbonyl (C=O) groups is 2. The lowest BCUT2D eigenvalue weighted by Crippen LogP contribution is -2.40. The monoisotopic (exact) mass is 483 g/mol. The highest BCUT2D eigenvalue weighted by atomic mass is 32.2. The van der Waals surface area contributed by atoms with Crippen LogP contribution in [0.5, 0.6) is 0 Å². The third-order valence-electron chi connectivity index (χ3n) is 4.92. The molecule has 3 rings (SSSR count). The Morgan fingerprint density at radius 3 is 2.58 bits per heavy atom. The number of aromatic nitrogens is 2. The van der Waals surface area contributed by atoms with Gasteiger partial charge >= 0.3 is 0 Å². The van der Waals surface area contributed by atoms with Crippen molar-refractivity contribution in [1.29, 1.82) is 0 Å². The number of thioether (sulfide) groups is 1. The van der Waals surface area contributed by atoms with E-state index in [2.05, 4.69) is 20.8 Å². The number of amides is 2. The molecule has 9 nitrogen and oxygen atoms in total. The first-order chi connectivity index (χ1) is 14.6. The Kier molecular flexibility index (Phi) is 7.68.